The Morgan fingerprint density at radius 2 is 1.97 bits per heavy atom. The van der Waals surface area contributed by atoms with Gasteiger partial charge in [0, 0.05) is 12.1 Å². The minimum Gasteiger partial charge on any atom is -0.454 e. The maximum atomic E-state index is 12.1. The number of carbonyl (C=O) groups is 3. The predicted octanol–water partition coefficient (Wildman–Crippen LogP) is 4.03. The number of fused-ring (bicyclic) bond motifs is 1. The first-order chi connectivity index (χ1) is 16.3. The van der Waals surface area contributed by atoms with Gasteiger partial charge in [0.15, 0.2) is 5.75 Å². The molecule has 0 saturated heterocycles. The molecule has 34 heavy (non-hydrogen) atoms. The van der Waals surface area contributed by atoms with Gasteiger partial charge in [-0.2, -0.15) is 10.4 Å². The molecule has 2 aromatic carbocycles. The third-order valence-electron chi connectivity index (χ3n) is 4.56. The van der Waals surface area contributed by atoms with Crippen LogP contribution in [0.25, 0.3) is 0 Å². The summed E-state index contributed by atoms with van der Waals surface area (Å²) >= 11 is 12.7. The maximum absolute atomic E-state index is 12.1. The van der Waals surface area contributed by atoms with Crippen molar-refractivity contribution in [3.63, 3.8) is 0 Å². The lowest BCUT2D eigenvalue weighted by Crippen LogP contribution is -2.36. The Labute approximate surface area is 204 Å². The molecule has 3 N–H and O–H groups in total. The molecule has 1 heterocycles. The summed E-state index contributed by atoms with van der Waals surface area (Å²) in [6, 6.07) is 9.54. The first kappa shape index (κ1) is 24.8. The first-order valence-electron chi connectivity index (χ1n) is 10.1. The van der Waals surface area contributed by atoms with Crippen molar-refractivity contribution in [2.24, 2.45) is 5.10 Å². The van der Waals surface area contributed by atoms with Crippen molar-refractivity contribution in [3.8, 4) is 17.6 Å². The molecule has 12 heteroatoms. The van der Waals surface area contributed by atoms with Gasteiger partial charge < -0.3 is 14.8 Å². The van der Waals surface area contributed by atoms with Crippen molar-refractivity contribution < 1.29 is 23.9 Å². The molecule has 0 unspecified atom stereocenters. The van der Waals surface area contributed by atoms with E-state index >= 15 is 0 Å². The normalized spacial score (nSPS) is 13.0. The number of hydrogen-bond acceptors (Lipinski definition) is 8. The van der Waals surface area contributed by atoms with Gasteiger partial charge in [0.25, 0.3) is 11.8 Å². The van der Waals surface area contributed by atoms with Crippen LogP contribution in [-0.2, 0) is 16.0 Å². The van der Waals surface area contributed by atoms with E-state index in [2.05, 4.69) is 20.6 Å². The van der Waals surface area contributed by atoms with Gasteiger partial charge in [0.2, 0.25) is 5.71 Å². The number of nitrogens with zero attached hydrogens (tertiary/aromatic N) is 2. The van der Waals surface area contributed by atoms with Crippen molar-refractivity contribution in [3.05, 3.63) is 51.5 Å². The number of carbonyl (C=O) groups excluding carboxylic acids is 3. The summed E-state index contributed by atoms with van der Waals surface area (Å²) in [7, 11) is 0. The molecule has 0 saturated carbocycles. The molecular formula is C22H19Cl2N5O5. The second-order valence-electron chi connectivity index (χ2n) is 6.91. The lowest BCUT2D eigenvalue weighted by molar-refractivity contribution is -0.114. The zero-order chi connectivity index (χ0) is 24.7. The molecule has 1 aliphatic heterocycles. The number of halogens is 2. The van der Waals surface area contributed by atoms with Crippen LogP contribution in [0, 0.1) is 11.3 Å². The summed E-state index contributed by atoms with van der Waals surface area (Å²) in [5, 5.41) is 17.8. The highest BCUT2D eigenvalue weighted by molar-refractivity contribution is 6.47. The van der Waals surface area contributed by atoms with Crippen LogP contribution in [0.4, 0.5) is 10.5 Å². The summed E-state index contributed by atoms with van der Waals surface area (Å²) in [5.74, 6) is -0.531. The van der Waals surface area contributed by atoms with Crippen molar-refractivity contribution in [2.75, 3.05) is 18.6 Å². The van der Waals surface area contributed by atoms with Gasteiger partial charge in [-0.3, -0.25) is 20.3 Å². The number of anilines is 1. The monoisotopic (exact) mass is 503 g/mol. The van der Waals surface area contributed by atoms with Crippen LogP contribution in [-0.4, -0.2) is 36.8 Å². The van der Waals surface area contributed by atoms with Gasteiger partial charge in [-0.05, 0) is 55.7 Å². The van der Waals surface area contributed by atoms with Crippen LogP contribution in [0.1, 0.15) is 29.3 Å². The van der Waals surface area contributed by atoms with Gasteiger partial charge in [0.1, 0.15) is 11.8 Å². The maximum Gasteiger partial charge on any atom is 0.414 e. The minimum absolute atomic E-state index is 0.0581. The molecule has 0 atom stereocenters. The zero-order valence-electron chi connectivity index (χ0n) is 17.9. The van der Waals surface area contributed by atoms with Gasteiger partial charge >= 0.3 is 6.09 Å². The Hall–Kier alpha value is -3.81. The van der Waals surface area contributed by atoms with E-state index in [0.29, 0.717) is 17.9 Å². The Kier molecular flexibility index (Phi) is 8.29. The third kappa shape index (κ3) is 6.15. The highest BCUT2D eigenvalue weighted by Crippen LogP contribution is 2.39. The molecular weight excluding hydrogens is 485 g/mol. The van der Waals surface area contributed by atoms with Crippen molar-refractivity contribution in [1.82, 2.24) is 10.6 Å². The van der Waals surface area contributed by atoms with Crippen LogP contribution in [0.5, 0.6) is 11.5 Å². The Balaban J connectivity index is 1.75. The zero-order valence-corrected chi connectivity index (χ0v) is 19.4. The van der Waals surface area contributed by atoms with E-state index in [1.807, 2.05) is 5.32 Å². The Bertz CT molecular complexity index is 1190. The topological polar surface area (TPSA) is 142 Å². The van der Waals surface area contributed by atoms with E-state index in [4.69, 9.17) is 33.2 Å². The fourth-order valence-electron chi connectivity index (χ4n) is 3.04. The van der Waals surface area contributed by atoms with Gasteiger partial charge in [-0.25, -0.2) is 4.79 Å². The molecule has 10 nitrogen and oxygen atoms in total. The van der Waals surface area contributed by atoms with E-state index in [1.54, 1.807) is 31.2 Å². The molecule has 1 aliphatic rings. The number of benzene rings is 2. The van der Waals surface area contributed by atoms with E-state index in [9.17, 15) is 14.4 Å². The van der Waals surface area contributed by atoms with E-state index in [0.717, 1.165) is 18.4 Å². The summed E-state index contributed by atoms with van der Waals surface area (Å²) in [4.78, 5) is 35.3. The number of imide groups is 1. The van der Waals surface area contributed by atoms with Gasteiger partial charge in [0.05, 0.1) is 22.3 Å². The summed E-state index contributed by atoms with van der Waals surface area (Å²) in [6.07, 6.45) is 0.535. The molecule has 2 aromatic rings. The second-order valence-corrected chi connectivity index (χ2v) is 7.72. The Morgan fingerprint density at radius 1 is 1.24 bits per heavy atom. The number of alkyl carbamates (subject to hydrolysis) is 1. The molecule has 0 fully saturated rings. The largest absolute Gasteiger partial charge is 0.454 e. The predicted molar refractivity (Wildman–Crippen MR) is 125 cm³/mol. The number of ether oxygens (including phenoxy) is 2. The standard InChI is InChI=1S/C22H19Cl2N5O5/c1-2-33-22(32)27-21(31)18(11-25)29-28-13-9-16(23)19(17(24)10-13)34-14-5-6-15-12(8-14)4-3-7-26-20(15)30/h5-6,8-10,28H,2-4,7H2,1H3,(H,26,30)(H,27,31,32). The fraction of sp³-hybridized carbons (Fsp3) is 0.227. The summed E-state index contributed by atoms with van der Waals surface area (Å²) in [5.41, 5.74) is 3.59. The highest BCUT2D eigenvalue weighted by Gasteiger charge is 2.18. The number of nitrogens with one attached hydrogen (secondary N) is 3. The first-order valence-corrected chi connectivity index (χ1v) is 10.9. The number of amides is 3. The van der Waals surface area contributed by atoms with Crippen LogP contribution < -0.4 is 20.8 Å². The van der Waals surface area contributed by atoms with Crippen LogP contribution in [0.3, 0.4) is 0 Å². The van der Waals surface area contributed by atoms with E-state index < -0.39 is 17.7 Å². The summed E-state index contributed by atoms with van der Waals surface area (Å²) in [6.45, 7) is 2.23. The van der Waals surface area contributed by atoms with E-state index in [1.165, 1.54) is 12.1 Å². The molecule has 176 valence electrons. The molecule has 0 spiro atoms. The quantitative estimate of drug-likeness (QED) is 0.398. The number of nitriles is 1. The number of aryl methyl sites for hydroxylation is 1. The van der Waals surface area contributed by atoms with Crippen molar-refractivity contribution in [1.29, 1.82) is 5.26 Å². The lowest BCUT2D eigenvalue weighted by Gasteiger charge is -2.13. The van der Waals surface area contributed by atoms with Gasteiger partial charge in [-0.1, -0.05) is 23.2 Å². The Morgan fingerprint density at radius 3 is 2.65 bits per heavy atom. The van der Waals surface area contributed by atoms with Crippen LogP contribution in [0.15, 0.2) is 35.4 Å². The molecule has 3 amide bonds. The number of hydrazone groups is 1. The molecule has 0 radical (unpaired) electrons. The smallest absolute Gasteiger partial charge is 0.414 e. The average molecular weight is 504 g/mol. The fourth-order valence-corrected chi connectivity index (χ4v) is 3.61. The van der Waals surface area contributed by atoms with Crippen LogP contribution in [0.2, 0.25) is 10.0 Å². The minimum atomic E-state index is -1.04. The molecule has 0 aliphatic carbocycles. The number of rotatable bonds is 6. The van der Waals surface area contributed by atoms with Crippen molar-refractivity contribution >= 4 is 52.5 Å². The molecule has 0 bridgehead atoms. The molecule has 3 rings (SSSR count). The van der Waals surface area contributed by atoms with Crippen molar-refractivity contribution in [2.45, 2.75) is 19.8 Å². The van der Waals surface area contributed by atoms with Crippen LogP contribution >= 0.6 is 23.2 Å². The van der Waals surface area contributed by atoms with Gasteiger partial charge in [-0.15, -0.1) is 0 Å². The highest BCUT2D eigenvalue weighted by atomic mass is 35.5. The summed E-state index contributed by atoms with van der Waals surface area (Å²) < 4.78 is 10.4. The van der Waals surface area contributed by atoms with E-state index in [-0.39, 0.29) is 34.0 Å². The second kappa shape index (κ2) is 11.4. The lowest BCUT2D eigenvalue weighted by atomic mass is 10.0. The molecule has 0 aromatic heterocycles. The average Bonchev–Trinajstić information content (AvgIpc) is 2.97. The third-order valence-corrected chi connectivity index (χ3v) is 5.12. The SMILES string of the molecule is CCOC(=O)NC(=O)C(C#N)=NNc1cc(Cl)c(Oc2ccc3c(c2)CCCNC3=O)c(Cl)c1. The number of hydrogen-bond donors (Lipinski definition) is 3.